The molecule has 0 spiro atoms. The molecular weight excluding hydrogens is 318 g/mol. The van der Waals surface area contributed by atoms with Crippen molar-refractivity contribution in [3.63, 3.8) is 0 Å². The highest BCUT2D eigenvalue weighted by Gasteiger charge is 2.20. The third-order valence-corrected chi connectivity index (χ3v) is 4.46. The lowest BCUT2D eigenvalue weighted by atomic mass is 9.96. The maximum absolute atomic E-state index is 12.3. The Morgan fingerprint density at radius 1 is 1.36 bits per heavy atom. The van der Waals surface area contributed by atoms with E-state index in [9.17, 15) is 4.79 Å². The van der Waals surface area contributed by atoms with Gasteiger partial charge in [-0.3, -0.25) is 4.79 Å². The summed E-state index contributed by atoms with van der Waals surface area (Å²) in [6.45, 7) is 7.81. The SMILES string of the molecule is COc1ccc(C(NC(=O)CNCC2CN(C)CCO2)C(C)C)cc1. The molecule has 1 aliphatic heterocycles. The molecule has 0 bridgehead atoms. The lowest BCUT2D eigenvalue weighted by Crippen LogP contribution is -2.46. The predicted octanol–water partition coefficient (Wildman–Crippen LogP) is 1.43. The van der Waals surface area contributed by atoms with E-state index in [0.717, 1.165) is 31.0 Å². The highest BCUT2D eigenvalue weighted by molar-refractivity contribution is 5.78. The molecule has 0 aliphatic carbocycles. The standard InChI is InChI=1S/C19H31N3O3/c1-14(2)19(15-5-7-16(24-4)8-6-15)21-18(23)12-20-11-17-13-22(3)9-10-25-17/h5-8,14,17,19-20H,9-13H2,1-4H3,(H,21,23). The van der Waals surface area contributed by atoms with Crippen LogP contribution in [0.2, 0.25) is 0 Å². The van der Waals surface area contributed by atoms with Crippen LogP contribution in [0.1, 0.15) is 25.5 Å². The fourth-order valence-electron chi connectivity index (χ4n) is 3.01. The second-order valence-corrected chi connectivity index (χ2v) is 6.95. The van der Waals surface area contributed by atoms with Crippen molar-refractivity contribution in [1.82, 2.24) is 15.5 Å². The molecule has 1 amide bonds. The van der Waals surface area contributed by atoms with Gasteiger partial charge in [0.05, 0.1) is 32.4 Å². The predicted molar refractivity (Wildman–Crippen MR) is 98.8 cm³/mol. The van der Waals surface area contributed by atoms with Gasteiger partial charge in [-0.2, -0.15) is 0 Å². The Labute approximate surface area is 150 Å². The highest BCUT2D eigenvalue weighted by atomic mass is 16.5. The Balaban J connectivity index is 1.81. The van der Waals surface area contributed by atoms with Gasteiger partial charge in [-0.05, 0) is 30.7 Å². The minimum atomic E-state index is -0.0164. The molecule has 25 heavy (non-hydrogen) atoms. The number of carbonyl (C=O) groups is 1. The molecule has 1 saturated heterocycles. The number of likely N-dealkylation sites (N-methyl/N-ethyl adjacent to an activating group) is 1. The van der Waals surface area contributed by atoms with E-state index in [2.05, 4.69) is 36.4 Å². The first kappa shape index (κ1) is 19.7. The number of rotatable bonds is 8. The van der Waals surface area contributed by atoms with Gasteiger partial charge in [-0.15, -0.1) is 0 Å². The van der Waals surface area contributed by atoms with Gasteiger partial charge in [0, 0.05) is 19.6 Å². The van der Waals surface area contributed by atoms with Gasteiger partial charge < -0.3 is 25.0 Å². The number of nitrogens with one attached hydrogen (secondary N) is 2. The van der Waals surface area contributed by atoms with Gasteiger partial charge in [-0.25, -0.2) is 0 Å². The van der Waals surface area contributed by atoms with Crippen LogP contribution in [0.3, 0.4) is 0 Å². The average molecular weight is 349 g/mol. The van der Waals surface area contributed by atoms with Gasteiger partial charge in [0.1, 0.15) is 5.75 Å². The average Bonchev–Trinajstić information content (AvgIpc) is 2.60. The molecule has 1 aromatic carbocycles. The number of amides is 1. The lowest BCUT2D eigenvalue weighted by Gasteiger charge is -2.30. The van der Waals surface area contributed by atoms with Crippen LogP contribution in [0.5, 0.6) is 5.75 Å². The van der Waals surface area contributed by atoms with E-state index in [1.54, 1.807) is 7.11 Å². The fraction of sp³-hybridized carbons (Fsp3) is 0.632. The summed E-state index contributed by atoms with van der Waals surface area (Å²) >= 11 is 0. The van der Waals surface area contributed by atoms with Gasteiger partial charge in [-0.1, -0.05) is 26.0 Å². The Morgan fingerprint density at radius 3 is 2.68 bits per heavy atom. The molecule has 2 rings (SSSR count). The van der Waals surface area contributed by atoms with Crippen molar-refractivity contribution in [3.05, 3.63) is 29.8 Å². The number of ether oxygens (including phenoxy) is 2. The Kier molecular flexibility index (Phi) is 7.68. The molecule has 1 heterocycles. The highest BCUT2D eigenvalue weighted by Crippen LogP contribution is 2.23. The van der Waals surface area contributed by atoms with E-state index in [-0.39, 0.29) is 18.1 Å². The zero-order valence-corrected chi connectivity index (χ0v) is 15.7. The summed E-state index contributed by atoms with van der Waals surface area (Å²) in [7, 11) is 3.74. The smallest absolute Gasteiger partial charge is 0.234 e. The minimum absolute atomic E-state index is 0.00122. The van der Waals surface area contributed by atoms with E-state index in [0.29, 0.717) is 19.0 Å². The topological polar surface area (TPSA) is 62.8 Å². The van der Waals surface area contributed by atoms with Crippen LogP contribution in [0.15, 0.2) is 24.3 Å². The normalized spacial score (nSPS) is 19.6. The summed E-state index contributed by atoms with van der Waals surface area (Å²) < 4.78 is 10.9. The van der Waals surface area contributed by atoms with Gasteiger partial charge in [0.15, 0.2) is 0 Å². The molecule has 2 unspecified atom stereocenters. The van der Waals surface area contributed by atoms with Crippen molar-refractivity contribution < 1.29 is 14.3 Å². The minimum Gasteiger partial charge on any atom is -0.497 e. The Hall–Kier alpha value is -1.63. The molecular formula is C19H31N3O3. The Bertz CT molecular complexity index is 533. The van der Waals surface area contributed by atoms with Crippen molar-refractivity contribution in [2.24, 2.45) is 5.92 Å². The van der Waals surface area contributed by atoms with Gasteiger partial charge >= 0.3 is 0 Å². The number of benzene rings is 1. The molecule has 140 valence electrons. The van der Waals surface area contributed by atoms with Crippen molar-refractivity contribution in [2.45, 2.75) is 26.0 Å². The van der Waals surface area contributed by atoms with Gasteiger partial charge in [0.25, 0.3) is 0 Å². The summed E-state index contributed by atoms with van der Waals surface area (Å²) in [5.74, 6) is 1.11. The van der Waals surface area contributed by atoms with E-state index in [4.69, 9.17) is 9.47 Å². The largest absolute Gasteiger partial charge is 0.497 e. The molecule has 6 nitrogen and oxygen atoms in total. The van der Waals surface area contributed by atoms with Crippen molar-refractivity contribution in [1.29, 1.82) is 0 Å². The third kappa shape index (κ3) is 6.30. The lowest BCUT2D eigenvalue weighted by molar-refractivity contribution is -0.121. The first-order valence-corrected chi connectivity index (χ1v) is 8.93. The Morgan fingerprint density at radius 2 is 2.08 bits per heavy atom. The van der Waals surface area contributed by atoms with Crippen LogP contribution in [0.4, 0.5) is 0 Å². The summed E-state index contributed by atoms with van der Waals surface area (Å²) in [5.41, 5.74) is 1.08. The molecule has 1 fully saturated rings. The van der Waals surface area contributed by atoms with E-state index in [1.807, 2.05) is 24.3 Å². The van der Waals surface area contributed by atoms with Crippen LogP contribution in [-0.2, 0) is 9.53 Å². The van der Waals surface area contributed by atoms with Crippen molar-refractivity contribution in [3.8, 4) is 5.75 Å². The molecule has 0 aromatic heterocycles. The second kappa shape index (κ2) is 9.75. The van der Waals surface area contributed by atoms with E-state index < -0.39 is 0 Å². The molecule has 1 aromatic rings. The number of hydrogen-bond acceptors (Lipinski definition) is 5. The molecule has 2 atom stereocenters. The van der Waals surface area contributed by atoms with Crippen LogP contribution >= 0.6 is 0 Å². The van der Waals surface area contributed by atoms with Crippen LogP contribution < -0.4 is 15.4 Å². The number of nitrogens with zero attached hydrogens (tertiary/aromatic N) is 1. The van der Waals surface area contributed by atoms with E-state index in [1.165, 1.54) is 0 Å². The zero-order chi connectivity index (χ0) is 18.2. The summed E-state index contributed by atoms with van der Waals surface area (Å²) in [5, 5.41) is 6.33. The van der Waals surface area contributed by atoms with Crippen LogP contribution in [0, 0.1) is 5.92 Å². The third-order valence-electron chi connectivity index (χ3n) is 4.46. The quantitative estimate of drug-likeness (QED) is 0.743. The number of hydrogen-bond donors (Lipinski definition) is 2. The molecule has 6 heteroatoms. The maximum atomic E-state index is 12.3. The van der Waals surface area contributed by atoms with E-state index >= 15 is 0 Å². The molecule has 2 N–H and O–H groups in total. The summed E-state index contributed by atoms with van der Waals surface area (Å²) in [6, 6.07) is 7.83. The number of morpholine rings is 1. The monoisotopic (exact) mass is 349 g/mol. The maximum Gasteiger partial charge on any atom is 0.234 e. The van der Waals surface area contributed by atoms with Crippen LogP contribution in [0.25, 0.3) is 0 Å². The van der Waals surface area contributed by atoms with Crippen molar-refractivity contribution in [2.75, 3.05) is 46.9 Å². The molecule has 0 saturated carbocycles. The first-order chi connectivity index (χ1) is 12.0. The number of carbonyl (C=O) groups excluding carboxylic acids is 1. The van der Waals surface area contributed by atoms with Crippen molar-refractivity contribution >= 4 is 5.91 Å². The number of methoxy groups -OCH3 is 1. The summed E-state index contributed by atoms with van der Waals surface area (Å²) in [4.78, 5) is 14.6. The van der Waals surface area contributed by atoms with Gasteiger partial charge in [0.2, 0.25) is 5.91 Å². The first-order valence-electron chi connectivity index (χ1n) is 8.93. The second-order valence-electron chi connectivity index (χ2n) is 6.95. The summed E-state index contributed by atoms with van der Waals surface area (Å²) in [6.07, 6.45) is 0.147. The zero-order valence-electron chi connectivity index (χ0n) is 15.7. The molecule has 1 aliphatic rings. The fourth-order valence-corrected chi connectivity index (χ4v) is 3.01. The van der Waals surface area contributed by atoms with Crippen LogP contribution in [-0.4, -0.2) is 63.9 Å². The molecule has 0 radical (unpaired) electrons.